The topological polar surface area (TPSA) is 114 Å². The maximum absolute atomic E-state index is 12.2. The molecule has 1 aromatic carbocycles. The molecule has 0 amide bonds. The summed E-state index contributed by atoms with van der Waals surface area (Å²) in [5.41, 5.74) is 2.75. The molecule has 0 bridgehead atoms. The van der Waals surface area contributed by atoms with E-state index in [9.17, 15) is 18.3 Å². The van der Waals surface area contributed by atoms with Crippen molar-refractivity contribution in [2.24, 2.45) is 0 Å². The molecule has 200 valence electrons. The molecule has 9 heteroatoms. The van der Waals surface area contributed by atoms with Crippen molar-refractivity contribution < 1.29 is 23.1 Å². The number of carbonyl (C=O) groups excluding carboxylic acids is 1. The van der Waals surface area contributed by atoms with E-state index >= 15 is 0 Å². The van der Waals surface area contributed by atoms with Crippen molar-refractivity contribution in [3.05, 3.63) is 57.6 Å². The van der Waals surface area contributed by atoms with Gasteiger partial charge < -0.3 is 9.84 Å². The number of nitrogens with one attached hydrogen (secondary N) is 1. The molecule has 0 radical (unpaired) electrons. The smallest absolute Gasteiger partial charge is 0.333 e. The average molecular weight is 528 g/mol. The molecule has 0 fully saturated rings. The molecule has 3 rings (SSSR count). The Hall–Kier alpha value is -3.33. The highest BCUT2D eigenvalue weighted by atomic mass is 32.2. The van der Waals surface area contributed by atoms with Gasteiger partial charge in [0.2, 0.25) is 10.3 Å². The van der Waals surface area contributed by atoms with Crippen LogP contribution in [-0.2, 0) is 37.1 Å². The van der Waals surface area contributed by atoms with Gasteiger partial charge in [0.1, 0.15) is 28.2 Å². The molecule has 8 nitrogen and oxygen atoms in total. The summed E-state index contributed by atoms with van der Waals surface area (Å²) in [5.74, 6) is -0.433. The van der Waals surface area contributed by atoms with Crippen LogP contribution in [0.3, 0.4) is 0 Å². The van der Waals surface area contributed by atoms with Crippen LogP contribution in [0.15, 0.2) is 36.4 Å². The zero-order valence-electron chi connectivity index (χ0n) is 22.7. The highest BCUT2D eigenvalue weighted by Gasteiger charge is 2.30. The fourth-order valence-electron chi connectivity index (χ4n) is 4.10. The van der Waals surface area contributed by atoms with Gasteiger partial charge in [0.25, 0.3) is 0 Å². The number of esters is 1. The van der Waals surface area contributed by atoms with Crippen LogP contribution in [0, 0.1) is 4.51 Å². The third-order valence-corrected chi connectivity index (χ3v) is 7.21. The quantitative estimate of drug-likeness (QED) is 0.228. The molecule has 0 atom stereocenters. The lowest BCUT2D eigenvalue weighted by molar-refractivity contribution is -0.140. The lowest BCUT2D eigenvalue weighted by Gasteiger charge is -2.29. The van der Waals surface area contributed by atoms with Gasteiger partial charge in [-0.05, 0) is 48.4 Å². The molecule has 1 heterocycles. The molecule has 1 aromatic rings. The minimum atomic E-state index is -2.48. The maximum atomic E-state index is 12.2. The SMILES string of the molecule is C=C(C)C(=O)OCC(C)(C)c1cc(-n2nc3c(=S(=O)=O)c(CCCC)ccc-3[nH]2)c(O)c(C(C)(C)C)c1. The van der Waals surface area contributed by atoms with Crippen molar-refractivity contribution in [2.75, 3.05) is 6.61 Å². The molecule has 1 aliphatic heterocycles. The van der Waals surface area contributed by atoms with Crippen molar-refractivity contribution in [3.63, 3.8) is 0 Å². The van der Waals surface area contributed by atoms with Gasteiger partial charge >= 0.3 is 5.97 Å². The minimum Gasteiger partial charge on any atom is -0.505 e. The summed E-state index contributed by atoms with van der Waals surface area (Å²) < 4.78 is 30.0. The van der Waals surface area contributed by atoms with Crippen LogP contribution in [0.25, 0.3) is 17.1 Å². The first-order valence-electron chi connectivity index (χ1n) is 12.4. The van der Waals surface area contributed by atoms with Crippen molar-refractivity contribution in [1.29, 1.82) is 0 Å². The first-order valence-corrected chi connectivity index (χ1v) is 13.5. The first kappa shape index (κ1) is 28.2. The van der Waals surface area contributed by atoms with Crippen LogP contribution >= 0.6 is 0 Å². The summed E-state index contributed by atoms with van der Waals surface area (Å²) in [5, 5.41) is 19.1. The summed E-state index contributed by atoms with van der Waals surface area (Å²) in [7, 11) is -2.48. The fraction of sp³-hybridized carbons (Fsp3) is 0.464. The molecular weight excluding hydrogens is 490 g/mol. The molecule has 0 saturated heterocycles. The Morgan fingerprint density at radius 3 is 2.43 bits per heavy atom. The molecule has 0 spiro atoms. The molecule has 0 saturated carbocycles. The normalized spacial score (nSPS) is 12.1. The van der Waals surface area contributed by atoms with E-state index in [-0.39, 0.29) is 16.9 Å². The number of nitrogens with zero attached hydrogens (tertiary/aromatic N) is 2. The molecule has 2 N–H and O–H groups in total. The minimum absolute atomic E-state index is 0.0334. The van der Waals surface area contributed by atoms with Gasteiger partial charge in [-0.25, -0.2) is 4.79 Å². The number of phenols is 1. The number of aromatic nitrogens is 3. The molecule has 0 unspecified atom stereocenters. The largest absolute Gasteiger partial charge is 0.505 e. The van der Waals surface area contributed by atoms with E-state index < -0.39 is 27.1 Å². The van der Waals surface area contributed by atoms with Crippen molar-refractivity contribution >= 4 is 16.3 Å². The number of unbranched alkanes of at least 4 members (excludes halogenated alkanes) is 1. The lowest BCUT2D eigenvalue weighted by Crippen LogP contribution is -2.27. The second-order valence-electron chi connectivity index (χ2n) is 11.2. The van der Waals surface area contributed by atoms with Gasteiger partial charge in [0, 0.05) is 16.6 Å². The van der Waals surface area contributed by atoms with E-state index in [2.05, 4.69) is 23.7 Å². The van der Waals surface area contributed by atoms with Crippen LogP contribution in [0.5, 0.6) is 5.75 Å². The van der Waals surface area contributed by atoms with E-state index in [4.69, 9.17) is 4.74 Å². The summed E-state index contributed by atoms with van der Waals surface area (Å²) in [6, 6.07) is 7.32. The zero-order chi connectivity index (χ0) is 27.7. The summed E-state index contributed by atoms with van der Waals surface area (Å²) in [6.07, 6.45) is 2.44. The van der Waals surface area contributed by atoms with Crippen LogP contribution in [0.1, 0.15) is 78.0 Å². The number of H-pyrrole nitrogens is 1. The molecule has 1 aliphatic carbocycles. The molecule has 2 aliphatic rings. The Kier molecular flexibility index (Phi) is 8.07. The Morgan fingerprint density at radius 2 is 1.86 bits per heavy atom. The molecule has 0 aromatic heterocycles. The second-order valence-corrected chi connectivity index (χ2v) is 12.1. The van der Waals surface area contributed by atoms with Crippen molar-refractivity contribution in [1.82, 2.24) is 15.0 Å². The molecule has 37 heavy (non-hydrogen) atoms. The number of ether oxygens (including phenoxy) is 1. The number of hydrogen-bond acceptors (Lipinski definition) is 6. The van der Waals surface area contributed by atoms with Crippen LogP contribution < -0.4 is 0 Å². The van der Waals surface area contributed by atoms with E-state index in [1.807, 2.05) is 52.8 Å². The van der Waals surface area contributed by atoms with Crippen LogP contribution in [0.4, 0.5) is 0 Å². The van der Waals surface area contributed by atoms with E-state index in [1.165, 1.54) is 4.80 Å². The van der Waals surface area contributed by atoms with Gasteiger partial charge in [-0.3, -0.25) is 5.10 Å². The van der Waals surface area contributed by atoms with Crippen molar-refractivity contribution in [3.8, 4) is 22.8 Å². The second kappa shape index (κ2) is 10.6. The van der Waals surface area contributed by atoms with Crippen LogP contribution in [0.2, 0.25) is 0 Å². The number of aryl methyl sites for hydroxylation is 1. The van der Waals surface area contributed by atoms with Crippen LogP contribution in [-0.4, -0.2) is 41.1 Å². The number of aromatic hydroxyl groups is 1. The van der Waals surface area contributed by atoms with Gasteiger partial charge in [0.05, 0.1) is 5.69 Å². The maximum Gasteiger partial charge on any atom is 0.333 e. The monoisotopic (exact) mass is 527 g/mol. The third kappa shape index (κ3) is 5.98. The highest BCUT2D eigenvalue weighted by molar-refractivity contribution is 7.64. The van der Waals surface area contributed by atoms with Crippen molar-refractivity contribution in [2.45, 2.75) is 78.6 Å². The molecular formula is C28H37N3O5S. The third-order valence-electron chi connectivity index (χ3n) is 6.43. The summed E-state index contributed by atoms with van der Waals surface area (Å²) in [4.78, 5) is 13.4. The Labute approximate surface area is 219 Å². The first-order chi connectivity index (χ1) is 17.2. The number of carbonyl (C=O) groups is 1. The van der Waals surface area contributed by atoms with E-state index in [0.717, 1.165) is 24.0 Å². The van der Waals surface area contributed by atoms with Gasteiger partial charge in [-0.2, -0.15) is 13.2 Å². The number of benzene rings is 2. The highest BCUT2D eigenvalue weighted by Crippen LogP contribution is 2.39. The van der Waals surface area contributed by atoms with Gasteiger partial charge in [-0.1, -0.05) is 66.7 Å². The predicted octanol–water partition coefficient (Wildman–Crippen LogP) is 5.46. The number of fused-ring (bicyclic) bond motifs is 1. The average Bonchev–Trinajstić information content (AvgIpc) is 3.23. The van der Waals surface area contributed by atoms with E-state index in [0.29, 0.717) is 34.6 Å². The predicted molar refractivity (Wildman–Crippen MR) is 144 cm³/mol. The Morgan fingerprint density at radius 1 is 1.19 bits per heavy atom. The van der Waals surface area contributed by atoms with Gasteiger partial charge in [0.15, 0.2) is 0 Å². The number of hydrogen-bond donors (Lipinski definition) is 2. The number of rotatable bonds is 8. The standard InChI is InChI=1S/C28H37N3O5S/c1-9-10-11-18-12-13-21-23(25(18)37(34)35)30-31(29-21)22-15-19(14-20(24(22)32)27(4,5)6)28(7,8)16-36-26(33)17(2)3/h12-15,29,32H,2,9-11,16H2,1,3-8H3. The van der Waals surface area contributed by atoms with E-state index in [1.54, 1.807) is 13.0 Å². The Balaban J connectivity index is 2.24. The summed E-state index contributed by atoms with van der Waals surface area (Å²) >= 11 is 0. The summed E-state index contributed by atoms with van der Waals surface area (Å²) in [6.45, 7) is 17.3. The number of phenolic OH excluding ortho intramolecular Hbond substituents is 1. The lowest BCUT2D eigenvalue weighted by atomic mass is 9.79. The fourth-order valence-corrected chi connectivity index (χ4v) is 4.79. The zero-order valence-corrected chi connectivity index (χ0v) is 23.5. The van der Waals surface area contributed by atoms with Gasteiger partial charge in [-0.15, -0.1) is 5.10 Å². The number of aromatic amines is 1. The Bertz CT molecular complexity index is 1480.